The fraction of sp³-hybridized carbons (Fsp3) is 0.636. The van der Waals surface area contributed by atoms with Gasteiger partial charge in [-0.15, -0.1) is 0 Å². The molecule has 1 aromatic rings. The average molecular weight is 391 g/mol. The molecule has 6 nitrogen and oxygen atoms in total. The number of nitrogens with one attached hydrogen (secondary N) is 1. The first kappa shape index (κ1) is 22.4. The van der Waals surface area contributed by atoms with Crippen molar-refractivity contribution in [3.8, 4) is 0 Å². The number of benzene rings is 1. The quantitative estimate of drug-likeness (QED) is 0.754. The smallest absolute Gasteiger partial charge is 0.329 e. The Hall–Kier alpha value is -1.92. The molecule has 1 aliphatic heterocycles. The van der Waals surface area contributed by atoms with Crippen molar-refractivity contribution in [1.82, 2.24) is 10.4 Å². The second-order valence-electron chi connectivity index (χ2n) is 9.82. The summed E-state index contributed by atoms with van der Waals surface area (Å²) in [6, 6.07) is 8.75. The first-order valence-corrected chi connectivity index (χ1v) is 9.80. The Bertz CT molecular complexity index is 707. The molecule has 0 bridgehead atoms. The minimum Gasteiger partial charge on any atom is -0.458 e. The molecule has 156 valence electrons. The van der Waals surface area contributed by atoms with Crippen molar-refractivity contribution in [2.45, 2.75) is 84.0 Å². The summed E-state index contributed by atoms with van der Waals surface area (Å²) in [5.74, 6) is -1.16. The van der Waals surface area contributed by atoms with Crippen LogP contribution in [0.3, 0.4) is 0 Å². The van der Waals surface area contributed by atoms with Crippen LogP contribution in [-0.4, -0.2) is 44.9 Å². The number of esters is 1. The number of nitrogens with zero attached hydrogens (tertiary/aromatic N) is 1. The van der Waals surface area contributed by atoms with Crippen molar-refractivity contribution in [3.63, 3.8) is 0 Å². The van der Waals surface area contributed by atoms with E-state index in [1.165, 1.54) is 5.06 Å². The monoisotopic (exact) mass is 390 g/mol. The fourth-order valence-electron chi connectivity index (χ4n) is 3.87. The van der Waals surface area contributed by atoms with Crippen LogP contribution in [0.2, 0.25) is 0 Å². The highest BCUT2D eigenvalue weighted by Crippen LogP contribution is 2.43. The summed E-state index contributed by atoms with van der Waals surface area (Å²) in [5.41, 5.74) is -0.966. The molecule has 0 saturated carbocycles. The number of ether oxygens (including phenoxy) is 1. The van der Waals surface area contributed by atoms with E-state index in [9.17, 15) is 14.8 Å². The second kappa shape index (κ2) is 7.84. The van der Waals surface area contributed by atoms with Crippen molar-refractivity contribution in [3.05, 3.63) is 35.9 Å². The molecular weight excluding hydrogens is 356 g/mol. The van der Waals surface area contributed by atoms with Gasteiger partial charge in [0.1, 0.15) is 11.6 Å². The van der Waals surface area contributed by atoms with Crippen LogP contribution in [0.15, 0.2) is 30.3 Å². The Kier molecular flexibility index (Phi) is 6.26. The van der Waals surface area contributed by atoms with E-state index in [0.29, 0.717) is 12.8 Å². The lowest BCUT2D eigenvalue weighted by Crippen LogP contribution is -2.53. The molecule has 1 aromatic carbocycles. The van der Waals surface area contributed by atoms with E-state index < -0.39 is 34.6 Å². The van der Waals surface area contributed by atoms with Gasteiger partial charge < -0.3 is 15.3 Å². The molecule has 1 fully saturated rings. The maximum Gasteiger partial charge on any atom is 0.329 e. The second-order valence-corrected chi connectivity index (χ2v) is 9.82. The highest BCUT2D eigenvalue weighted by molar-refractivity contribution is 5.87. The molecule has 0 radical (unpaired) electrons. The van der Waals surface area contributed by atoms with Gasteiger partial charge in [0, 0.05) is 12.0 Å². The summed E-state index contributed by atoms with van der Waals surface area (Å²) in [7, 11) is 0. The molecule has 6 heteroatoms. The van der Waals surface area contributed by atoms with Crippen LogP contribution in [0.25, 0.3) is 0 Å². The third kappa shape index (κ3) is 5.11. The Labute approximate surface area is 168 Å². The van der Waals surface area contributed by atoms with Gasteiger partial charge in [0.15, 0.2) is 0 Å². The Morgan fingerprint density at radius 3 is 2.25 bits per heavy atom. The summed E-state index contributed by atoms with van der Waals surface area (Å²) in [4.78, 5) is 25.9. The standard InChI is InChI=1S/C22H34N2O4/c1-20(2,3)28-19(26)17(13-15-11-9-8-10-12-15)23-18(25)16-14-21(4,5)24(27)22(16,6)7/h8-12,16-17,27H,13-14H2,1-7H3,(H,23,25). The Balaban J connectivity index is 2.21. The lowest BCUT2D eigenvalue weighted by atomic mass is 9.86. The zero-order valence-corrected chi connectivity index (χ0v) is 18.1. The number of rotatable bonds is 5. The topological polar surface area (TPSA) is 78.9 Å². The lowest BCUT2D eigenvalue weighted by Gasteiger charge is -2.35. The minimum atomic E-state index is -0.791. The number of hydrogen-bond acceptors (Lipinski definition) is 5. The van der Waals surface area contributed by atoms with Gasteiger partial charge in [-0.25, -0.2) is 4.79 Å². The van der Waals surface area contributed by atoms with Gasteiger partial charge in [0.05, 0.1) is 11.5 Å². The summed E-state index contributed by atoms with van der Waals surface area (Å²) in [5, 5.41) is 14.6. The van der Waals surface area contributed by atoms with Crippen LogP contribution in [0, 0.1) is 5.92 Å². The molecule has 1 saturated heterocycles. The summed E-state index contributed by atoms with van der Waals surface area (Å²) in [6.45, 7) is 12.9. The zero-order valence-electron chi connectivity index (χ0n) is 18.1. The minimum absolute atomic E-state index is 0.249. The van der Waals surface area contributed by atoms with Crippen LogP contribution in [0.1, 0.15) is 60.5 Å². The van der Waals surface area contributed by atoms with E-state index in [1.54, 1.807) is 20.8 Å². The molecular formula is C22H34N2O4. The van der Waals surface area contributed by atoms with E-state index in [4.69, 9.17) is 4.74 Å². The number of amides is 1. The SMILES string of the molecule is CC(C)(C)OC(=O)C(Cc1ccccc1)NC(=O)C1CC(C)(C)N(O)C1(C)C. The molecule has 2 unspecified atom stereocenters. The van der Waals surface area contributed by atoms with Crippen molar-refractivity contribution < 1.29 is 19.5 Å². The van der Waals surface area contributed by atoms with Crippen molar-refractivity contribution >= 4 is 11.9 Å². The maximum absolute atomic E-state index is 13.1. The van der Waals surface area contributed by atoms with Gasteiger partial charge in [-0.3, -0.25) is 4.79 Å². The number of hydroxylamine groups is 2. The molecule has 1 aliphatic rings. The van der Waals surface area contributed by atoms with Crippen LogP contribution in [-0.2, 0) is 20.7 Å². The largest absolute Gasteiger partial charge is 0.458 e. The number of carbonyl (C=O) groups is 2. The molecule has 1 heterocycles. The van der Waals surface area contributed by atoms with Gasteiger partial charge in [-0.1, -0.05) is 30.3 Å². The normalized spacial score (nSPS) is 22.5. The van der Waals surface area contributed by atoms with E-state index in [1.807, 2.05) is 58.0 Å². The average Bonchev–Trinajstić information content (AvgIpc) is 2.73. The maximum atomic E-state index is 13.1. The van der Waals surface area contributed by atoms with E-state index >= 15 is 0 Å². The van der Waals surface area contributed by atoms with Gasteiger partial charge in [-0.2, -0.15) is 5.06 Å². The highest BCUT2D eigenvalue weighted by Gasteiger charge is 2.54. The van der Waals surface area contributed by atoms with Gasteiger partial charge in [0.25, 0.3) is 0 Å². The first-order chi connectivity index (χ1) is 12.7. The summed E-state index contributed by atoms with van der Waals surface area (Å²) in [6.07, 6.45) is 0.843. The Morgan fingerprint density at radius 1 is 1.21 bits per heavy atom. The van der Waals surface area contributed by atoms with Crippen molar-refractivity contribution in [2.75, 3.05) is 0 Å². The number of carbonyl (C=O) groups excluding carboxylic acids is 2. The van der Waals surface area contributed by atoms with Crippen molar-refractivity contribution in [2.24, 2.45) is 5.92 Å². The predicted molar refractivity (Wildman–Crippen MR) is 108 cm³/mol. The van der Waals surface area contributed by atoms with Crippen LogP contribution in [0.4, 0.5) is 0 Å². The van der Waals surface area contributed by atoms with Gasteiger partial charge in [0.2, 0.25) is 5.91 Å². The summed E-state index contributed by atoms with van der Waals surface area (Å²) < 4.78 is 5.54. The van der Waals surface area contributed by atoms with Gasteiger partial charge in [-0.05, 0) is 60.5 Å². The van der Waals surface area contributed by atoms with E-state index in [-0.39, 0.29) is 5.91 Å². The first-order valence-electron chi connectivity index (χ1n) is 9.80. The Morgan fingerprint density at radius 2 is 1.79 bits per heavy atom. The number of hydrogen-bond donors (Lipinski definition) is 2. The van der Waals surface area contributed by atoms with E-state index in [2.05, 4.69) is 5.32 Å². The molecule has 2 rings (SSSR count). The fourth-order valence-corrected chi connectivity index (χ4v) is 3.87. The molecule has 28 heavy (non-hydrogen) atoms. The molecule has 0 spiro atoms. The third-order valence-corrected chi connectivity index (χ3v) is 5.28. The molecule has 2 atom stereocenters. The highest BCUT2D eigenvalue weighted by atomic mass is 16.6. The van der Waals surface area contributed by atoms with Crippen LogP contribution < -0.4 is 5.32 Å². The lowest BCUT2D eigenvalue weighted by molar-refractivity contribution is -0.197. The molecule has 1 amide bonds. The third-order valence-electron chi connectivity index (χ3n) is 5.28. The van der Waals surface area contributed by atoms with E-state index in [0.717, 1.165) is 5.56 Å². The van der Waals surface area contributed by atoms with Crippen molar-refractivity contribution in [1.29, 1.82) is 0 Å². The van der Waals surface area contributed by atoms with Gasteiger partial charge >= 0.3 is 5.97 Å². The molecule has 2 N–H and O–H groups in total. The summed E-state index contributed by atoms with van der Waals surface area (Å²) >= 11 is 0. The molecule has 0 aliphatic carbocycles. The van der Waals surface area contributed by atoms with Crippen LogP contribution in [0.5, 0.6) is 0 Å². The zero-order chi connectivity index (χ0) is 21.3. The predicted octanol–water partition coefficient (Wildman–Crippen LogP) is 3.32. The molecule has 0 aromatic heterocycles. The van der Waals surface area contributed by atoms with Crippen LogP contribution >= 0.6 is 0 Å².